The van der Waals surface area contributed by atoms with E-state index in [1.54, 1.807) is 12.1 Å². The van der Waals surface area contributed by atoms with Gasteiger partial charge in [0.25, 0.3) is 0 Å². The Labute approximate surface area is 114 Å². The minimum absolute atomic E-state index is 0.150. The summed E-state index contributed by atoms with van der Waals surface area (Å²) in [4.78, 5) is 11.5. The Morgan fingerprint density at radius 2 is 2.42 bits per heavy atom. The summed E-state index contributed by atoms with van der Waals surface area (Å²) in [7, 11) is 1.31. The van der Waals surface area contributed by atoms with Gasteiger partial charge in [0.1, 0.15) is 5.52 Å². The first-order chi connectivity index (χ1) is 9.17. The van der Waals surface area contributed by atoms with Crippen LogP contribution < -0.4 is 5.32 Å². The number of carbonyl (C=O) groups is 1. The normalized spacial score (nSPS) is 12.4. The standard InChI is InChI=1S/C12H14ClN3O3/c1-19-12(18)11-8-3-2-4-9(10(8)15-16-11)14-6-7(17)5-13/h2-4,7,14,17H,5-6H2,1H3,(H,15,16). The first kappa shape index (κ1) is 13.6. The molecule has 2 aromatic rings. The molecule has 1 aromatic heterocycles. The van der Waals surface area contributed by atoms with Crippen molar-refractivity contribution in [2.45, 2.75) is 6.10 Å². The highest BCUT2D eigenvalue weighted by Gasteiger charge is 2.15. The van der Waals surface area contributed by atoms with Gasteiger partial charge in [-0.15, -0.1) is 11.6 Å². The lowest BCUT2D eigenvalue weighted by Gasteiger charge is -2.10. The van der Waals surface area contributed by atoms with Gasteiger partial charge >= 0.3 is 5.97 Å². The molecule has 0 fully saturated rings. The Kier molecular flexibility index (Phi) is 4.24. The van der Waals surface area contributed by atoms with Crippen molar-refractivity contribution in [1.82, 2.24) is 10.2 Å². The number of halogens is 1. The van der Waals surface area contributed by atoms with Gasteiger partial charge in [-0.3, -0.25) is 5.10 Å². The second kappa shape index (κ2) is 5.90. The fraction of sp³-hybridized carbons (Fsp3) is 0.333. The number of aliphatic hydroxyl groups is 1. The van der Waals surface area contributed by atoms with E-state index in [1.165, 1.54) is 7.11 Å². The minimum Gasteiger partial charge on any atom is -0.464 e. The summed E-state index contributed by atoms with van der Waals surface area (Å²) >= 11 is 5.53. The number of carbonyl (C=O) groups excluding carboxylic acids is 1. The smallest absolute Gasteiger partial charge is 0.356 e. The number of benzene rings is 1. The molecule has 6 nitrogen and oxygen atoms in total. The van der Waals surface area contributed by atoms with Crippen LogP contribution in [0, 0.1) is 0 Å². The Bertz CT molecular complexity index is 585. The maximum absolute atomic E-state index is 11.5. The summed E-state index contributed by atoms with van der Waals surface area (Å²) < 4.78 is 4.67. The van der Waals surface area contributed by atoms with Gasteiger partial charge in [0.2, 0.25) is 0 Å². The molecule has 0 radical (unpaired) electrons. The molecular formula is C12H14ClN3O3. The van der Waals surface area contributed by atoms with E-state index in [1.807, 2.05) is 6.07 Å². The third-order valence-corrected chi connectivity index (χ3v) is 3.04. The largest absolute Gasteiger partial charge is 0.464 e. The number of hydrogen-bond donors (Lipinski definition) is 3. The number of aromatic amines is 1. The Morgan fingerprint density at radius 1 is 1.63 bits per heavy atom. The van der Waals surface area contributed by atoms with E-state index in [-0.39, 0.29) is 5.88 Å². The summed E-state index contributed by atoms with van der Waals surface area (Å²) in [5, 5.41) is 19.9. The molecule has 0 aliphatic heterocycles. The molecule has 7 heteroatoms. The fourth-order valence-electron chi connectivity index (χ4n) is 1.72. The molecule has 0 spiro atoms. The lowest BCUT2D eigenvalue weighted by molar-refractivity contribution is 0.0596. The number of nitrogens with one attached hydrogen (secondary N) is 2. The lowest BCUT2D eigenvalue weighted by atomic mass is 10.2. The number of hydrogen-bond acceptors (Lipinski definition) is 5. The number of aromatic nitrogens is 2. The predicted molar refractivity (Wildman–Crippen MR) is 72.6 cm³/mol. The predicted octanol–water partition coefficient (Wildman–Crippen LogP) is 1.36. The number of H-pyrrole nitrogens is 1. The average Bonchev–Trinajstić information content (AvgIpc) is 2.88. The molecule has 102 valence electrons. The molecule has 3 N–H and O–H groups in total. The molecule has 19 heavy (non-hydrogen) atoms. The van der Waals surface area contributed by atoms with Crippen molar-refractivity contribution in [3.63, 3.8) is 0 Å². The summed E-state index contributed by atoms with van der Waals surface area (Å²) in [5.74, 6) is -0.322. The first-order valence-corrected chi connectivity index (χ1v) is 6.24. The van der Waals surface area contributed by atoms with Crippen molar-refractivity contribution < 1.29 is 14.6 Å². The Morgan fingerprint density at radius 3 is 3.11 bits per heavy atom. The van der Waals surface area contributed by atoms with Crippen LogP contribution in [0.25, 0.3) is 10.9 Å². The number of esters is 1. The maximum Gasteiger partial charge on any atom is 0.356 e. The van der Waals surface area contributed by atoms with E-state index in [0.717, 1.165) is 0 Å². The first-order valence-electron chi connectivity index (χ1n) is 5.70. The van der Waals surface area contributed by atoms with Crippen LogP contribution in [0.3, 0.4) is 0 Å². The number of methoxy groups -OCH3 is 1. The van der Waals surface area contributed by atoms with Gasteiger partial charge in [0.15, 0.2) is 5.69 Å². The van der Waals surface area contributed by atoms with Crippen molar-refractivity contribution >= 4 is 34.2 Å². The van der Waals surface area contributed by atoms with Gasteiger partial charge in [0.05, 0.1) is 24.8 Å². The number of fused-ring (bicyclic) bond motifs is 1. The zero-order valence-electron chi connectivity index (χ0n) is 10.3. The van der Waals surface area contributed by atoms with Crippen LogP contribution in [0.5, 0.6) is 0 Å². The quantitative estimate of drug-likeness (QED) is 0.570. The van der Waals surface area contributed by atoms with Gasteiger partial charge in [-0.25, -0.2) is 4.79 Å². The number of aliphatic hydroxyl groups excluding tert-OH is 1. The van der Waals surface area contributed by atoms with Crippen molar-refractivity contribution in [2.75, 3.05) is 24.9 Å². The van der Waals surface area contributed by atoms with Crippen LogP contribution in [-0.2, 0) is 4.74 Å². The third kappa shape index (κ3) is 2.80. The number of ether oxygens (including phenoxy) is 1. The van der Waals surface area contributed by atoms with E-state index >= 15 is 0 Å². The van der Waals surface area contributed by atoms with Crippen molar-refractivity contribution in [2.24, 2.45) is 0 Å². The molecule has 1 aromatic carbocycles. The van der Waals surface area contributed by atoms with Crippen LogP contribution in [0.4, 0.5) is 5.69 Å². The summed E-state index contributed by atoms with van der Waals surface area (Å²) in [6.45, 7) is 0.309. The monoisotopic (exact) mass is 283 g/mol. The van der Waals surface area contributed by atoms with E-state index in [2.05, 4.69) is 20.3 Å². The zero-order chi connectivity index (χ0) is 13.8. The van der Waals surface area contributed by atoms with Gasteiger partial charge in [-0.05, 0) is 6.07 Å². The van der Waals surface area contributed by atoms with Crippen LogP contribution in [0.15, 0.2) is 18.2 Å². The van der Waals surface area contributed by atoms with Crippen LogP contribution in [0.2, 0.25) is 0 Å². The Balaban J connectivity index is 2.31. The molecular weight excluding hydrogens is 270 g/mol. The van der Waals surface area contributed by atoms with Gasteiger partial charge in [-0.1, -0.05) is 12.1 Å². The molecule has 1 unspecified atom stereocenters. The lowest BCUT2D eigenvalue weighted by Crippen LogP contribution is -2.20. The number of rotatable bonds is 5. The molecule has 1 heterocycles. The second-order valence-corrected chi connectivity index (χ2v) is 4.29. The number of para-hydroxylation sites is 1. The molecule has 0 amide bonds. The number of alkyl halides is 1. The molecule has 0 aliphatic carbocycles. The zero-order valence-corrected chi connectivity index (χ0v) is 11.1. The number of anilines is 1. The highest BCUT2D eigenvalue weighted by molar-refractivity contribution is 6.18. The molecule has 2 rings (SSSR count). The Hall–Kier alpha value is -1.79. The van der Waals surface area contributed by atoms with Gasteiger partial charge in [0, 0.05) is 11.9 Å². The van der Waals surface area contributed by atoms with Crippen LogP contribution in [-0.4, -0.2) is 46.9 Å². The minimum atomic E-state index is -0.643. The summed E-state index contributed by atoms with van der Waals surface area (Å²) in [6.07, 6.45) is -0.643. The molecule has 0 saturated carbocycles. The average molecular weight is 284 g/mol. The SMILES string of the molecule is COC(=O)c1[nH]nc2c(NCC(O)CCl)cccc12. The van der Waals surface area contributed by atoms with E-state index in [4.69, 9.17) is 11.6 Å². The van der Waals surface area contributed by atoms with Crippen molar-refractivity contribution in [1.29, 1.82) is 0 Å². The van der Waals surface area contributed by atoms with Gasteiger partial charge < -0.3 is 15.2 Å². The topological polar surface area (TPSA) is 87.2 Å². The van der Waals surface area contributed by atoms with Crippen LogP contribution in [0.1, 0.15) is 10.5 Å². The molecule has 0 saturated heterocycles. The molecule has 0 aliphatic rings. The van der Waals surface area contributed by atoms with Crippen molar-refractivity contribution in [3.05, 3.63) is 23.9 Å². The molecule has 1 atom stereocenters. The summed E-state index contributed by atoms with van der Waals surface area (Å²) in [5.41, 5.74) is 1.64. The fourth-order valence-corrected chi connectivity index (χ4v) is 1.83. The van der Waals surface area contributed by atoms with Gasteiger partial charge in [-0.2, -0.15) is 5.10 Å². The highest BCUT2D eigenvalue weighted by atomic mass is 35.5. The van der Waals surface area contributed by atoms with E-state index in [9.17, 15) is 9.90 Å². The van der Waals surface area contributed by atoms with E-state index in [0.29, 0.717) is 28.8 Å². The second-order valence-electron chi connectivity index (χ2n) is 3.98. The van der Waals surface area contributed by atoms with Crippen LogP contribution >= 0.6 is 11.6 Å². The maximum atomic E-state index is 11.5. The molecule has 0 bridgehead atoms. The highest BCUT2D eigenvalue weighted by Crippen LogP contribution is 2.24. The third-order valence-electron chi connectivity index (χ3n) is 2.68. The number of nitrogens with zero attached hydrogens (tertiary/aromatic N) is 1. The van der Waals surface area contributed by atoms with Crippen molar-refractivity contribution in [3.8, 4) is 0 Å². The summed E-state index contributed by atoms with van der Waals surface area (Å²) in [6, 6.07) is 5.37. The van der Waals surface area contributed by atoms with E-state index < -0.39 is 12.1 Å².